The summed E-state index contributed by atoms with van der Waals surface area (Å²) in [7, 11) is 0. The fourth-order valence-electron chi connectivity index (χ4n) is 2.98. The Morgan fingerprint density at radius 1 is 1.32 bits per heavy atom. The van der Waals surface area contributed by atoms with E-state index < -0.39 is 6.10 Å². The molecule has 1 aromatic rings. The zero-order chi connectivity index (χ0) is 13.4. The zero-order valence-corrected chi connectivity index (χ0v) is 11.1. The van der Waals surface area contributed by atoms with Crippen molar-refractivity contribution in [3.63, 3.8) is 0 Å². The molecule has 2 heterocycles. The number of fused-ring (bicyclic) bond motifs is 1. The van der Waals surface area contributed by atoms with Crippen molar-refractivity contribution in [1.29, 1.82) is 0 Å². The van der Waals surface area contributed by atoms with Crippen LogP contribution < -0.4 is 4.74 Å². The van der Waals surface area contributed by atoms with Crippen LogP contribution in [0.2, 0.25) is 0 Å². The molecule has 0 spiro atoms. The Balaban J connectivity index is 1.81. The van der Waals surface area contributed by atoms with E-state index in [1.54, 1.807) is 0 Å². The van der Waals surface area contributed by atoms with Crippen molar-refractivity contribution in [3.05, 3.63) is 29.3 Å². The van der Waals surface area contributed by atoms with Crippen molar-refractivity contribution in [2.45, 2.75) is 31.9 Å². The van der Waals surface area contributed by atoms with Gasteiger partial charge in [0.05, 0.1) is 6.04 Å². The molecule has 0 aromatic heterocycles. The molecule has 102 valence electrons. The van der Waals surface area contributed by atoms with Gasteiger partial charge in [0.2, 0.25) is 0 Å². The van der Waals surface area contributed by atoms with E-state index in [9.17, 15) is 9.90 Å². The summed E-state index contributed by atoms with van der Waals surface area (Å²) in [4.78, 5) is 13.5. The van der Waals surface area contributed by atoms with E-state index in [-0.39, 0.29) is 6.04 Å². The number of aliphatic hydroxyl groups is 1. The number of ether oxygens (including phenoxy) is 1. The van der Waals surface area contributed by atoms with Gasteiger partial charge in [0, 0.05) is 31.5 Å². The summed E-state index contributed by atoms with van der Waals surface area (Å²) in [5.74, 6) is 1.14. The van der Waals surface area contributed by atoms with Crippen molar-refractivity contribution < 1.29 is 14.6 Å². The average molecular weight is 261 g/mol. The molecule has 1 saturated heterocycles. The molecule has 4 nitrogen and oxygen atoms in total. The molecule has 0 radical (unpaired) electrons. The number of ketones is 1. The van der Waals surface area contributed by atoms with Gasteiger partial charge in [-0.2, -0.15) is 0 Å². The highest BCUT2D eigenvalue weighted by molar-refractivity contribution is 5.79. The van der Waals surface area contributed by atoms with Crippen LogP contribution >= 0.6 is 0 Å². The highest BCUT2D eigenvalue weighted by Gasteiger charge is 2.35. The minimum absolute atomic E-state index is 0.0394. The van der Waals surface area contributed by atoms with E-state index in [0.29, 0.717) is 25.2 Å². The fourth-order valence-corrected chi connectivity index (χ4v) is 2.98. The maximum absolute atomic E-state index is 11.3. The molecule has 4 heteroatoms. The third kappa shape index (κ3) is 2.26. The van der Waals surface area contributed by atoms with Crippen LogP contribution in [0, 0.1) is 6.92 Å². The lowest BCUT2D eigenvalue weighted by Gasteiger charge is -2.40. The highest BCUT2D eigenvalue weighted by atomic mass is 16.5. The van der Waals surface area contributed by atoms with Crippen molar-refractivity contribution in [1.82, 2.24) is 4.90 Å². The normalized spacial score (nSPS) is 27.8. The molecular weight excluding hydrogens is 242 g/mol. The molecule has 1 aromatic carbocycles. The SMILES string of the molecule is Cc1cccc2c1OCC(N1CCC(=O)CC1)C2O. The first-order valence-corrected chi connectivity index (χ1v) is 6.83. The Kier molecular flexibility index (Phi) is 3.29. The first kappa shape index (κ1) is 12.6. The molecule has 0 aliphatic carbocycles. The number of aliphatic hydroxyl groups excluding tert-OH is 1. The molecule has 1 N–H and O–H groups in total. The van der Waals surface area contributed by atoms with Gasteiger partial charge in [-0.25, -0.2) is 0 Å². The molecule has 0 amide bonds. The average Bonchev–Trinajstić information content (AvgIpc) is 2.42. The third-order valence-corrected chi connectivity index (χ3v) is 4.15. The summed E-state index contributed by atoms with van der Waals surface area (Å²) in [5.41, 5.74) is 1.93. The minimum Gasteiger partial charge on any atom is -0.491 e. The van der Waals surface area contributed by atoms with Crippen molar-refractivity contribution in [2.75, 3.05) is 19.7 Å². The summed E-state index contributed by atoms with van der Waals surface area (Å²) in [6, 6.07) is 5.82. The molecule has 2 aliphatic rings. The topological polar surface area (TPSA) is 49.8 Å². The maximum atomic E-state index is 11.3. The van der Waals surface area contributed by atoms with Crippen molar-refractivity contribution in [2.24, 2.45) is 0 Å². The van der Waals surface area contributed by atoms with Crippen LogP contribution in [0.5, 0.6) is 5.75 Å². The highest BCUT2D eigenvalue weighted by Crippen LogP contribution is 2.36. The summed E-state index contributed by atoms with van der Waals surface area (Å²) in [5, 5.41) is 10.6. The Labute approximate surface area is 113 Å². The quantitative estimate of drug-likeness (QED) is 0.831. The van der Waals surface area contributed by atoms with Crippen LogP contribution in [-0.4, -0.2) is 41.5 Å². The summed E-state index contributed by atoms with van der Waals surface area (Å²) >= 11 is 0. The van der Waals surface area contributed by atoms with Crippen LogP contribution in [0.1, 0.15) is 30.1 Å². The van der Waals surface area contributed by atoms with Gasteiger partial charge < -0.3 is 9.84 Å². The van der Waals surface area contributed by atoms with Crippen molar-refractivity contribution >= 4 is 5.78 Å². The summed E-state index contributed by atoms with van der Waals surface area (Å²) in [6.07, 6.45) is 0.644. The van der Waals surface area contributed by atoms with Gasteiger partial charge in [-0.1, -0.05) is 18.2 Å². The Bertz CT molecular complexity index is 490. The molecule has 0 bridgehead atoms. The number of para-hydroxylation sites is 1. The van der Waals surface area contributed by atoms with E-state index in [4.69, 9.17) is 4.74 Å². The van der Waals surface area contributed by atoms with Gasteiger partial charge >= 0.3 is 0 Å². The number of hydrogen-bond acceptors (Lipinski definition) is 4. The Hall–Kier alpha value is -1.39. The zero-order valence-electron chi connectivity index (χ0n) is 11.1. The number of rotatable bonds is 1. The standard InChI is InChI=1S/C15H19NO3/c1-10-3-2-4-12-14(18)13(9-19-15(10)12)16-7-5-11(17)6-8-16/h2-4,13-14,18H,5-9H2,1H3. The Morgan fingerprint density at radius 2 is 2.05 bits per heavy atom. The lowest BCUT2D eigenvalue weighted by molar-refractivity contribution is -0.123. The first-order valence-electron chi connectivity index (χ1n) is 6.83. The lowest BCUT2D eigenvalue weighted by atomic mass is 9.94. The van der Waals surface area contributed by atoms with Gasteiger partial charge in [-0.05, 0) is 12.5 Å². The van der Waals surface area contributed by atoms with Crippen LogP contribution in [0.25, 0.3) is 0 Å². The monoisotopic (exact) mass is 261 g/mol. The second-order valence-corrected chi connectivity index (χ2v) is 5.39. The smallest absolute Gasteiger partial charge is 0.135 e. The van der Waals surface area contributed by atoms with E-state index in [1.165, 1.54) is 0 Å². The second-order valence-electron chi connectivity index (χ2n) is 5.39. The van der Waals surface area contributed by atoms with Crippen LogP contribution in [0.4, 0.5) is 0 Å². The number of carbonyl (C=O) groups is 1. The number of nitrogens with zero attached hydrogens (tertiary/aromatic N) is 1. The maximum Gasteiger partial charge on any atom is 0.135 e. The van der Waals surface area contributed by atoms with Crippen LogP contribution in [-0.2, 0) is 4.79 Å². The van der Waals surface area contributed by atoms with Gasteiger partial charge in [-0.15, -0.1) is 0 Å². The first-order chi connectivity index (χ1) is 9.16. The molecule has 19 heavy (non-hydrogen) atoms. The molecule has 1 fully saturated rings. The van der Waals surface area contributed by atoms with Crippen molar-refractivity contribution in [3.8, 4) is 5.75 Å². The predicted molar refractivity (Wildman–Crippen MR) is 71.2 cm³/mol. The number of benzene rings is 1. The fraction of sp³-hybridized carbons (Fsp3) is 0.533. The number of hydrogen-bond donors (Lipinski definition) is 1. The van der Waals surface area contributed by atoms with E-state index >= 15 is 0 Å². The second kappa shape index (κ2) is 4.94. The van der Waals surface area contributed by atoms with Gasteiger partial charge in [0.25, 0.3) is 0 Å². The summed E-state index contributed by atoms with van der Waals surface area (Å²) in [6.45, 7) is 3.94. The number of piperidine rings is 1. The minimum atomic E-state index is -0.531. The molecule has 0 saturated carbocycles. The third-order valence-electron chi connectivity index (χ3n) is 4.15. The predicted octanol–water partition coefficient (Wildman–Crippen LogP) is 1.45. The number of Topliss-reactive ketones (excluding diaryl/α,β-unsaturated/α-hetero) is 1. The van der Waals surface area contributed by atoms with Gasteiger partial charge in [0.15, 0.2) is 0 Å². The molecular formula is C15H19NO3. The Morgan fingerprint density at radius 3 is 2.79 bits per heavy atom. The molecule has 2 aliphatic heterocycles. The number of carbonyl (C=O) groups excluding carboxylic acids is 1. The summed E-state index contributed by atoms with van der Waals surface area (Å²) < 4.78 is 5.83. The van der Waals surface area contributed by atoms with Crippen LogP contribution in [0.15, 0.2) is 18.2 Å². The van der Waals surface area contributed by atoms with Crippen LogP contribution in [0.3, 0.4) is 0 Å². The number of aryl methyl sites for hydroxylation is 1. The number of likely N-dealkylation sites (tertiary alicyclic amines) is 1. The largest absolute Gasteiger partial charge is 0.491 e. The molecule has 2 unspecified atom stereocenters. The molecule has 3 rings (SSSR count). The van der Waals surface area contributed by atoms with Gasteiger partial charge in [-0.3, -0.25) is 9.69 Å². The van der Waals surface area contributed by atoms with E-state index in [1.807, 2.05) is 25.1 Å². The van der Waals surface area contributed by atoms with E-state index in [2.05, 4.69) is 4.90 Å². The van der Waals surface area contributed by atoms with Gasteiger partial charge in [0.1, 0.15) is 24.2 Å². The molecule has 2 atom stereocenters. The van der Waals surface area contributed by atoms with E-state index in [0.717, 1.165) is 30.0 Å². The lowest BCUT2D eigenvalue weighted by Crippen LogP contribution is -2.49.